The third-order valence-corrected chi connectivity index (χ3v) is 4.20. The van der Waals surface area contributed by atoms with E-state index in [1.54, 1.807) is 0 Å². The molecule has 1 heterocycles. The average Bonchev–Trinajstić information content (AvgIpc) is 2.26. The first kappa shape index (κ1) is 13.3. The molecule has 0 aromatic rings. The lowest BCUT2D eigenvalue weighted by Crippen LogP contribution is -2.55. The standard InChI is InChI=1S/C12H26N2S/c1-4-12-10-14(11(3)9-13-12)7-6-8-15-5-2/h11-13H,4-10H2,1-3H3. The van der Waals surface area contributed by atoms with Gasteiger partial charge >= 0.3 is 0 Å². The fraction of sp³-hybridized carbons (Fsp3) is 1.00. The molecule has 0 radical (unpaired) electrons. The third kappa shape index (κ3) is 4.75. The minimum absolute atomic E-state index is 0.722. The van der Waals surface area contributed by atoms with E-state index in [1.807, 2.05) is 0 Å². The largest absolute Gasteiger partial charge is 0.311 e. The van der Waals surface area contributed by atoms with E-state index >= 15 is 0 Å². The number of hydrogen-bond donors (Lipinski definition) is 1. The Morgan fingerprint density at radius 1 is 1.40 bits per heavy atom. The van der Waals surface area contributed by atoms with Gasteiger partial charge in [0.15, 0.2) is 0 Å². The van der Waals surface area contributed by atoms with Crippen molar-refractivity contribution < 1.29 is 0 Å². The van der Waals surface area contributed by atoms with E-state index in [1.165, 1.54) is 44.0 Å². The first-order valence-corrected chi connectivity index (χ1v) is 7.48. The monoisotopic (exact) mass is 230 g/mol. The normalized spacial score (nSPS) is 28.2. The van der Waals surface area contributed by atoms with Gasteiger partial charge in [-0.3, -0.25) is 4.90 Å². The molecular weight excluding hydrogens is 204 g/mol. The van der Waals surface area contributed by atoms with E-state index in [-0.39, 0.29) is 0 Å². The van der Waals surface area contributed by atoms with Gasteiger partial charge in [0.2, 0.25) is 0 Å². The molecule has 0 amide bonds. The molecule has 0 spiro atoms. The Morgan fingerprint density at radius 3 is 2.87 bits per heavy atom. The van der Waals surface area contributed by atoms with Crippen molar-refractivity contribution >= 4 is 11.8 Å². The van der Waals surface area contributed by atoms with Crippen molar-refractivity contribution in [1.82, 2.24) is 10.2 Å². The van der Waals surface area contributed by atoms with Crippen molar-refractivity contribution in [3.05, 3.63) is 0 Å². The fourth-order valence-corrected chi connectivity index (χ4v) is 2.71. The first-order valence-electron chi connectivity index (χ1n) is 6.33. The molecule has 0 bridgehead atoms. The van der Waals surface area contributed by atoms with Gasteiger partial charge in [-0.05, 0) is 37.8 Å². The molecule has 1 fully saturated rings. The summed E-state index contributed by atoms with van der Waals surface area (Å²) in [7, 11) is 0. The van der Waals surface area contributed by atoms with Gasteiger partial charge in [-0.25, -0.2) is 0 Å². The van der Waals surface area contributed by atoms with Crippen LogP contribution in [0, 0.1) is 0 Å². The van der Waals surface area contributed by atoms with E-state index in [0.29, 0.717) is 0 Å². The second-order valence-electron chi connectivity index (χ2n) is 4.41. The zero-order valence-corrected chi connectivity index (χ0v) is 11.3. The Kier molecular flexibility index (Phi) is 6.69. The van der Waals surface area contributed by atoms with Crippen LogP contribution in [0.2, 0.25) is 0 Å². The third-order valence-electron chi connectivity index (χ3n) is 3.21. The number of rotatable bonds is 6. The lowest BCUT2D eigenvalue weighted by molar-refractivity contribution is 0.140. The highest BCUT2D eigenvalue weighted by atomic mass is 32.2. The van der Waals surface area contributed by atoms with Crippen molar-refractivity contribution in [3.8, 4) is 0 Å². The molecule has 90 valence electrons. The van der Waals surface area contributed by atoms with E-state index < -0.39 is 0 Å². The highest BCUT2D eigenvalue weighted by Gasteiger charge is 2.22. The van der Waals surface area contributed by atoms with Gasteiger partial charge in [-0.2, -0.15) is 11.8 Å². The highest BCUT2D eigenvalue weighted by Crippen LogP contribution is 2.10. The molecular formula is C12H26N2S. The second kappa shape index (κ2) is 7.53. The number of piperazine rings is 1. The molecule has 1 N–H and O–H groups in total. The van der Waals surface area contributed by atoms with Crippen LogP contribution in [0.1, 0.15) is 33.6 Å². The number of nitrogens with one attached hydrogen (secondary N) is 1. The summed E-state index contributed by atoms with van der Waals surface area (Å²) in [6.45, 7) is 10.6. The maximum atomic E-state index is 3.60. The molecule has 15 heavy (non-hydrogen) atoms. The van der Waals surface area contributed by atoms with Gasteiger partial charge in [0.1, 0.15) is 0 Å². The van der Waals surface area contributed by atoms with Crippen LogP contribution in [0.5, 0.6) is 0 Å². The predicted molar refractivity (Wildman–Crippen MR) is 70.7 cm³/mol. The minimum atomic E-state index is 0.722. The molecule has 2 atom stereocenters. The lowest BCUT2D eigenvalue weighted by atomic mass is 10.1. The van der Waals surface area contributed by atoms with Crippen molar-refractivity contribution in [3.63, 3.8) is 0 Å². The Morgan fingerprint density at radius 2 is 2.20 bits per heavy atom. The molecule has 0 saturated carbocycles. The Bertz CT molecular complexity index is 164. The number of thioether (sulfide) groups is 1. The lowest BCUT2D eigenvalue weighted by Gasteiger charge is -2.38. The van der Waals surface area contributed by atoms with Gasteiger partial charge in [-0.1, -0.05) is 13.8 Å². The summed E-state index contributed by atoms with van der Waals surface area (Å²) in [5, 5.41) is 3.60. The minimum Gasteiger partial charge on any atom is -0.311 e. The van der Waals surface area contributed by atoms with Crippen molar-refractivity contribution in [1.29, 1.82) is 0 Å². The molecule has 1 aliphatic heterocycles. The van der Waals surface area contributed by atoms with E-state index in [2.05, 4.69) is 42.7 Å². The van der Waals surface area contributed by atoms with Crippen molar-refractivity contribution in [2.75, 3.05) is 31.1 Å². The van der Waals surface area contributed by atoms with Gasteiger partial charge in [0.05, 0.1) is 0 Å². The Balaban J connectivity index is 2.19. The van der Waals surface area contributed by atoms with Crippen LogP contribution in [-0.4, -0.2) is 48.1 Å². The van der Waals surface area contributed by atoms with Gasteiger partial charge in [0, 0.05) is 25.2 Å². The summed E-state index contributed by atoms with van der Waals surface area (Å²) in [4.78, 5) is 2.65. The molecule has 3 heteroatoms. The van der Waals surface area contributed by atoms with E-state index in [0.717, 1.165) is 12.1 Å². The molecule has 0 aromatic carbocycles. The smallest absolute Gasteiger partial charge is 0.0193 e. The number of nitrogens with zero attached hydrogens (tertiary/aromatic N) is 1. The molecule has 1 saturated heterocycles. The van der Waals surface area contributed by atoms with Gasteiger partial charge in [-0.15, -0.1) is 0 Å². The second-order valence-corrected chi connectivity index (χ2v) is 5.80. The van der Waals surface area contributed by atoms with Crippen LogP contribution in [0.25, 0.3) is 0 Å². The Hall–Kier alpha value is 0.270. The summed E-state index contributed by atoms with van der Waals surface area (Å²) < 4.78 is 0. The molecule has 2 nitrogen and oxygen atoms in total. The first-order chi connectivity index (χ1) is 7.27. The molecule has 0 aliphatic carbocycles. The summed E-state index contributed by atoms with van der Waals surface area (Å²) >= 11 is 2.06. The Labute approximate surface area is 99.2 Å². The molecule has 1 rings (SSSR count). The van der Waals surface area contributed by atoms with Crippen LogP contribution in [0.4, 0.5) is 0 Å². The maximum Gasteiger partial charge on any atom is 0.0193 e. The van der Waals surface area contributed by atoms with Crippen LogP contribution < -0.4 is 5.32 Å². The SMILES string of the molecule is CCSCCCN1CC(CC)NCC1C. The van der Waals surface area contributed by atoms with E-state index in [4.69, 9.17) is 0 Å². The quantitative estimate of drug-likeness (QED) is 0.704. The van der Waals surface area contributed by atoms with Crippen molar-refractivity contribution in [2.45, 2.75) is 45.7 Å². The average molecular weight is 230 g/mol. The van der Waals surface area contributed by atoms with Crippen molar-refractivity contribution in [2.24, 2.45) is 0 Å². The summed E-state index contributed by atoms with van der Waals surface area (Å²) in [6, 6.07) is 1.44. The van der Waals surface area contributed by atoms with Crippen LogP contribution >= 0.6 is 11.8 Å². The maximum absolute atomic E-state index is 3.60. The van der Waals surface area contributed by atoms with Gasteiger partial charge in [0.25, 0.3) is 0 Å². The van der Waals surface area contributed by atoms with Crippen LogP contribution in [0.15, 0.2) is 0 Å². The summed E-state index contributed by atoms with van der Waals surface area (Å²) in [5.74, 6) is 2.58. The fourth-order valence-electron chi connectivity index (χ4n) is 2.09. The van der Waals surface area contributed by atoms with E-state index in [9.17, 15) is 0 Å². The number of hydrogen-bond acceptors (Lipinski definition) is 3. The highest BCUT2D eigenvalue weighted by molar-refractivity contribution is 7.99. The van der Waals surface area contributed by atoms with Crippen LogP contribution in [0.3, 0.4) is 0 Å². The molecule has 2 unspecified atom stereocenters. The molecule has 0 aromatic heterocycles. The predicted octanol–water partition coefficient (Wildman–Crippen LogP) is 2.20. The molecule has 1 aliphatic rings. The zero-order valence-electron chi connectivity index (χ0n) is 10.5. The van der Waals surface area contributed by atoms with Gasteiger partial charge < -0.3 is 5.32 Å². The van der Waals surface area contributed by atoms with Crippen LogP contribution in [-0.2, 0) is 0 Å². The summed E-state index contributed by atoms with van der Waals surface area (Å²) in [5.41, 5.74) is 0. The summed E-state index contributed by atoms with van der Waals surface area (Å²) in [6.07, 6.45) is 2.60. The topological polar surface area (TPSA) is 15.3 Å². The zero-order chi connectivity index (χ0) is 11.1.